The molecule has 3 heterocycles. The fraction of sp³-hybridized carbons (Fsp3) is 0.553. The molecule has 0 unspecified atom stereocenters. The van der Waals surface area contributed by atoms with Crippen LogP contribution in [0.2, 0.25) is 0 Å². The number of ether oxygens (including phenoxy) is 1. The molecule has 4 fully saturated rings. The molecule has 1 aromatic heterocycles. The van der Waals surface area contributed by atoms with E-state index >= 15 is 0 Å². The van der Waals surface area contributed by atoms with Gasteiger partial charge in [-0.15, -0.1) is 0 Å². The van der Waals surface area contributed by atoms with Crippen LogP contribution in [0.4, 0.5) is 0 Å². The van der Waals surface area contributed by atoms with Crippen LogP contribution >= 0.6 is 11.3 Å². The molecule has 3 aromatic rings. The first-order chi connectivity index (χ1) is 24.9. The Balaban J connectivity index is 1.20. The molecule has 5 atom stereocenters. The molecule has 12 nitrogen and oxygen atoms in total. The zero-order valence-electron chi connectivity index (χ0n) is 29.7. The van der Waals surface area contributed by atoms with Gasteiger partial charge in [-0.05, 0) is 62.6 Å². The van der Waals surface area contributed by atoms with Crippen molar-refractivity contribution in [2.75, 3.05) is 6.54 Å². The van der Waals surface area contributed by atoms with Gasteiger partial charge in [0.05, 0.1) is 21.5 Å². The Morgan fingerprint density at radius 2 is 1.71 bits per heavy atom. The Kier molecular flexibility index (Phi) is 10.1. The number of nitrogens with one attached hydrogen (secondary N) is 2. The van der Waals surface area contributed by atoms with Crippen molar-refractivity contribution < 1.29 is 32.3 Å². The van der Waals surface area contributed by atoms with Gasteiger partial charge in [-0.3, -0.25) is 23.9 Å². The molecule has 0 radical (unpaired) electrons. The van der Waals surface area contributed by atoms with Crippen molar-refractivity contribution in [3.8, 4) is 5.19 Å². The number of thiazole rings is 1. The minimum Gasteiger partial charge on any atom is -0.465 e. The second kappa shape index (κ2) is 14.4. The SMILES string of the molecule is CC(=O)N(Cc1ccccc1)[C@H]1CCCCCCC[C@@H]2C[C@@]2(C(=O)NS(=O)(=O)C2(C)CC2)NC(=O)[C@@H]2C[C@@H](Oc3nc4ccccc4s3)CN2C1=O. The molecular weight excluding hydrogens is 703 g/mol. The fourth-order valence-corrected chi connectivity index (χ4v) is 9.95. The first-order valence-electron chi connectivity index (χ1n) is 18.4. The number of benzene rings is 2. The molecule has 52 heavy (non-hydrogen) atoms. The quantitative estimate of drug-likeness (QED) is 0.337. The summed E-state index contributed by atoms with van der Waals surface area (Å²) in [4.78, 5) is 64.1. The number of hydrogen-bond donors (Lipinski definition) is 2. The number of nitrogens with zero attached hydrogens (tertiary/aromatic N) is 3. The lowest BCUT2D eigenvalue weighted by Gasteiger charge is -2.35. The lowest BCUT2D eigenvalue weighted by Crippen LogP contribution is -2.59. The smallest absolute Gasteiger partial charge is 0.274 e. The van der Waals surface area contributed by atoms with Crippen LogP contribution in [-0.2, 0) is 35.7 Å². The number of fused-ring (bicyclic) bond motifs is 3. The molecule has 4 amide bonds. The van der Waals surface area contributed by atoms with E-state index in [2.05, 4.69) is 15.0 Å². The van der Waals surface area contributed by atoms with Crippen LogP contribution in [0.1, 0.15) is 90.0 Å². The van der Waals surface area contributed by atoms with Gasteiger partial charge in [0.25, 0.3) is 11.1 Å². The summed E-state index contributed by atoms with van der Waals surface area (Å²) >= 11 is 1.38. The second-order valence-corrected chi connectivity index (χ2v) is 18.4. The molecule has 2 N–H and O–H groups in total. The third kappa shape index (κ3) is 7.41. The molecule has 2 aliphatic heterocycles. The van der Waals surface area contributed by atoms with Gasteiger partial charge in [0.2, 0.25) is 27.7 Å². The Morgan fingerprint density at radius 1 is 1.02 bits per heavy atom. The normalized spacial score (nSPS) is 27.7. The van der Waals surface area contributed by atoms with Crippen LogP contribution in [0.3, 0.4) is 0 Å². The molecular formula is C38H47N5O7S2. The molecule has 2 saturated carbocycles. The lowest BCUT2D eigenvalue weighted by molar-refractivity contribution is -0.149. The van der Waals surface area contributed by atoms with Gasteiger partial charge < -0.3 is 19.9 Å². The molecule has 4 aliphatic rings. The van der Waals surface area contributed by atoms with E-state index in [0.29, 0.717) is 37.3 Å². The molecule has 2 aliphatic carbocycles. The largest absolute Gasteiger partial charge is 0.465 e. The van der Waals surface area contributed by atoms with Gasteiger partial charge in [0.15, 0.2) is 0 Å². The zero-order chi connectivity index (χ0) is 36.7. The molecule has 0 bridgehead atoms. The van der Waals surface area contributed by atoms with Gasteiger partial charge in [-0.2, -0.15) is 0 Å². The number of para-hydroxylation sites is 1. The molecule has 2 saturated heterocycles. The molecule has 7 rings (SSSR count). The summed E-state index contributed by atoms with van der Waals surface area (Å²) in [6.07, 6.45) is 6.12. The predicted molar refractivity (Wildman–Crippen MR) is 197 cm³/mol. The number of rotatable bonds is 8. The lowest BCUT2D eigenvalue weighted by atomic mass is 10.0. The first kappa shape index (κ1) is 36.3. The van der Waals surface area contributed by atoms with E-state index in [1.165, 1.54) is 23.2 Å². The topological polar surface area (TPSA) is 155 Å². The predicted octanol–water partition coefficient (Wildman–Crippen LogP) is 4.68. The minimum atomic E-state index is -3.94. The minimum absolute atomic E-state index is 0.0792. The number of hydrogen-bond acceptors (Lipinski definition) is 9. The van der Waals surface area contributed by atoms with Crippen molar-refractivity contribution in [1.82, 2.24) is 24.8 Å². The Bertz CT molecular complexity index is 1920. The van der Waals surface area contributed by atoms with E-state index < -0.39 is 50.3 Å². The number of carbonyl (C=O) groups is 4. The van der Waals surface area contributed by atoms with Crippen LogP contribution in [-0.4, -0.2) is 81.8 Å². The Labute approximate surface area is 308 Å². The number of sulfonamides is 1. The number of carbonyl (C=O) groups excluding carboxylic acids is 4. The number of aromatic nitrogens is 1. The van der Waals surface area contributed by atoms with Crippen molar-refractivity contribution in [2.24, 2.45) is 5.92 Å². The number of amides is 4. The summed E-state index contributed by atoms with van der Waals surface area (Å²) in [6.45, 7) is 3.40. The summed E-state index contributed by atoms with van der Waals surface area (Å²) in [5.74, 6) is -2.08. The second-order valence-electron chi connectivity index (χ2n) is 15.2. The third-order valence-corrected chi connectivity index (χ3v) is 14.5. The fourth-order valence-electron chi connectivity index (χ4n) is 7.75. The maximum atomic E-state index is 14.8. The Morgan fingerprint density at radius 3 is 2.42 bits per heavy atom. The van der Waals surface area contributed by atoms with Crippen molar-refractivity contribution in [3.05, 3.63) is 60.2 Å². The Hall–Kier alpha value is -4.04. The highest BCUT2D eigenvalue weighted by Gasteiger charge is 2.63. The summed E-state index contributed by atoms with van der Waals surface area (Å²) in [7, 11) is -3.94. The van der Waals surface area contributed by atoms with E-state index in [1.54, 1.807) is 11.8 Å². The highest BCUT2D eigenvalue weighted by molar-refractivity contribution is 7.91. The zero-order valence-corrected chi connectivity index (χ0v) is 31.3. The molecule has 2 aromatic carbocycles. The van der Waals surface area contributed by atoms with Gasteiger partial charge in [-0.1, -0.05) is 85.9 Å². The maximum Gasteiger partial charge on any atom is 0.274 e. The van der Waals surface area contributed by atoms with Gasteiger partial charge in [0, 0.05) is 19.9 Å². The highest BCUT2D eigenvalue weighted by atomic mass is 32.2. The van der Waals surface area contributed by atoms with Crippen LogP contribution in [0, 0.1) is 5.92 Å². The summed E-state index contributed by atoms with van der Waals surface area (Å²) in [5.41, 5.74) is 0.274. The van der Waals surface area contributed by atoms with Crippen molar-refractivity contribution in [2.45, 2.75) is 119 Å². The van der Waals surface area contributed by atoms with Crippen molar-refractivity contribution in [3.63, 3.8) is 0 Å². The van der Waals surface area contributed by atoms with Gasteiger partial charge in [-0.25, -0.2) is 13.4 Å². The monoisotopic (exact) mass is 749 g/mol. The van der Waals surface area contributed by atoms with E-state index in [-0.39, 0.29) is 37.2 Å². The van der Waals surface area contributed by atoms with Crippen LogP contribution < -0.4 is 14.8 Å². The molecule has 278 valence electrons. The third-order valence-electron chi connectivity index (χ3n) is 11.4. The maximum absolute atomic E-state index is 14.8. The van der Waals surface area contributed by atoms with Gasteiger partial charge in [0.1, 0.15) is 23.7 Å². The highest BCUT2D eigenvalue weighted by Crippen LogP contribution is 2.49. The van der Waals surface area contributed by atoms with E-state index in [1.807, 2.05) is 54.6 Å². The van der Waals surface area contributed by atoms with Gasteiger partial charge >= 0.3 is 0 Å². The average Bonchev–Trinajstić information content (AvgIpc) is 3.92. The van der Waals surface area contributed by atoms with Crippen LogP contribution in [0.25, 0.3) is 10.2 Å². The average molecular weight is 750 g/mol. The van der Waals surface area contributed by atoms with E-state index in [9.17, 15) is 27.6 Å². The summed E-state index contributed by atoms with van der Waals surface area (Å²) in [6, 6.07) is 15.3. The van der Waals surface area contributed by atoms with E-state index in [0.717, 1.165) is 47.9 Å². The molecule has 14 heteroatoms. The van der Waals surface area contributed by atoms with Crippen LogP contribution in [0.15, 0.2) is 54.6 Å². The van der Waals surface area contributed by atoms with Crippen molar-refractivity contribution in [1.29, 1.82) is 0 Å². The summed E-state index contributed by atoms with van der Waals surface area (Å²) < 4.78 is 34.9. The van der Waals surface area contributed by atoms with Crippen molar-refractivity contribution >= 4 is 55.2 Å². The molecule has 0 spiro atoms. The first-order valence-corrected chi connectivity index (χ1v) is 20.7. The standard InChI is InChI=1S/C38H47N5O7S2/c1-25(44)42(23-26-13-7-6-8-14-26)30-17-10-5-3-4-9-15-27-22-38(27,35(47)41-52(48,49)37(2)19-20-37)40-33(45)31-21-28(24-43(31)34(30)46)50-36-39-29-16-11-12-18-32(29)51-36/h6-8,11-14,16,18,27-28,30-31H,3-5,9-10,15,17,19-24H2,1-2H3,(H,40,45)(H,41,47)/t27-,28-,30+,31+,38-/m1/s1. The van der Waals surface area contributed by atoms with Crippen LogP contribution in [0.5, 0.6) is 5.19 Å². The van der Waals surface area contributed by atoms with E-state index in [4.69, 9.17) is 4.74 Å². The summed E-state index contributed by atoms with van der Waals surface area (Å²) in [5, 5.41) is 3.40.